The van der Waals surface area contributed by atoms with Crippen molar-refractivity contribution in [1.82, 2.24) is 0 Å². The fraction of sp³-hybridized carbons (Fsp3) is 0.750. The molecule has 0 saturated carbocycles. The number of ether oxygens (including phenoxy) is 5. The maximum Gasteiger partial charge on any atom is 0.303 e. The van der Waals surface area contributed by atoms with Crippen LogP contribution >= 0.6 is 11.8 Å². The van der Waals surface area contributed by atoms with Crippen LogP contribution in [0.15, 0.2) is 0 Å². The van der Waals surface area contributed by atoms with Crippen LogP contribution in [0.3, 0.4) is 0 Å². The summed E-state index contributed by atoms with van der Waals surface area (Å²) in [7, 11) is 0. The Kier molecular flexibility index (Phi) is 8.86. The van der Waals surface area contributed by atoms with Crippen LogP contribution in [0.25, 0.3) is 0 Å². The van der Waals surface area contributed by atoms with Crippen molar-refractivity contribution in [2.45, 2.75) is 64.5 Å². The summed E-state index contributed by atoms with van der Waals surface area (Å²) in [5.74, 6) is -1.81. The zero-order valence-electron chi connectivity index (χ0n) is 15.4. The van der Waals surface area contributed by atoms with Crippen LogP contribution in [0.4, 0.5) is 0 Å². The third kappa shape index (κ3) is 6.83. The van der Waals surface area contributed by atoms with Crippen LogP contribution in [-0.2, 0) is 42.9 Å². The van der Waals surface area contributed by atoms with E-state index in [0.717, 1.165) is 0 Å². The summed E-state index contributed by atoms with van der Waals surface area (Å²) in [4.78, 5) is 45.8. The molecule has 148 valence electrons. The highest BCUT2D eigenvalue weighted by atomic mass is 32.2. The van der Waals surface area contributed by atoms with Crippen molar-refractivity contribution in [3.8, 4) is 0 Å². The lowest BCUT2D eigenvalue weighted by molar-refractivity contribution is -0.237. The molecule has 0 aliphatic carbocycles. The molecule has 0 bridgehead atoms. The lowest BCUT2D eigenvalue weighted by Crippen LogP contribution is -2.61. The Balaban J connectivity index is 3.22. The van der Waals surface area contributed by atoms with E-state index in [-0.39, 0.29) is 6.61 Å². The number of carbonyl (C=O) groups excluding carboxylic acids is 4. The molecule has 1 aliphatic heterocycles. The molecular formula is C16H24O9S. The Hall–Kier alpha value is -1.81. The molecule has 9 nitrogen and oxygen atoms in total. The van der Waals surface area contributed by atoms with E-state index in [1.165, 1.54) is 39.5 Å². The van der Waals surface area contributed by atoms with E-state index in [2.05, 4.69) is 0 Å². The molecule has 10 heteroatoms. The third-order valence-electron chi connectivity index (χ3n) is 3.28. The Morgan fingerprint density at radius 2 is 1.31 bits per heavy atom. The third-order valence-corrected chi connectivity index (χ3v) is 4.32. The first-order valence-corrected chi connectivity index (χ1v) is 9.12. The molecule has 0 radical (unpaired) electrons. The van der Waals surface area contributed by atoms with Gasteiger partial charge in [-0.15, -0.1) is 11.8 Å². The standard InChI is InChI=1S/C16H24O9S/c1-6-26-16-15(24-11(5)20)14(23-10(4)19)13(22-9(3)18)12(25-16)7-21-8(2)17/h12-16H,6-7H2,1-5H3/t12?,13?,14-,15?,16?/m0/s1. The van der Waals surface area contributed by atoms with Crippen molar-refractivity contribution in [2.75, 3.05) is 12.4 Å². The lowest BCUT2D eigenvalue weighted by Gasteiger charge is -2.44. The summed E-state index contributed by atoms with van der Waals surface area (Å²) in [6.45, 7) is 6.48. The zero-order chi connectivity index (χ0) is 19.9. The monoisotopic (exact) mass is 392 g/mol. The van der Waals surface area contributed by atoms with Gasteiger partial charge in [0.15, 0.2) is 18.3 Å². The Labute approximate surface area is 156 Å². The molecule has 0 amide bonds. The number of hydrogen-bond acceptors (Lipinski definition) is 10. The summed E-state index contributed by atoms with van der Waals surface area (Å²) in [6.07, 6.45) is -4.07. The maximum absolute atomic E-state index is 11.6. The van der Waals surface area contributed by atoms with E-state index in [4.69, 9.17) is 23.7 Å². The first-order valence-electron chi connectivity index (χ1n) is 8.07. The largest absolute Gasteiger partial charge is 0.463 e. The Bertz CT molecular complexity index is 536. The van der Waals surface area contributed by atoms with Gasteiger partial charge in [0.2, 0.25) is 0 Å². The minimum Gasteiger partial charge on any atom is -0.463 e. The number of carbonyl (C=O) groups is 4. The predicted molar refractivity (Wildman–Crippen MR) is 90.1 cm³/mol. The quantitative estimate of drug-likeness (QED) is 0.455. The van der Waals surface area contributed by atoms with Gasteiger partial charge in [0.25, 0.3) is 0 Å². The van der Waals surface area contributed by atoms with Crippen LogP contribution in [0.2, 0.25) is 0 Å². The highest BCUT2D eigenvalue weighted by Crippen LogP contribution is 2.34. The topological polar surface area (TPSA) is 114 Å². The van der Waals surface area contributed by atoms with Crippen molar-refractivity contribution in [3.05, 3.63) is 0 Å². The fourth-order valence-electron chi connectivity index (χ4n) is 2.49. The molecule has 0 aromatic carbocycles. The number of rotatable bonds is 7. The number of thioether (sulfide) groups is 1. The highest BCUT2D eigenvalue weighted by Gasteiger charge is 2.52. The smallest absolute Gasteiger partial charge is 0.303 e. The van der Waals surface area contributed by atoms with Crippen LogP contribution in [-0.4, -0.2) is 66.1 Å². The summed E-state index contributed by atoms with van der Waals surface area (Å²) >= 11 is 1.32. The van der Waals surface area contributed by atoms with E-state index < -0.39 is 53.7 Å². The summed E-state index contributed by atoms with van der Waals surface area (Å²) in [5.41, 5.74) is -0.694. The molecular weight excluding hydrogens is 368 g/mol. The van der Waals surface area contributed by atoms with Crippen molar-refractivity contribution < 1.29 is 42.9 Å². The molecule has 1 rings (SSSR count). The highest BCUT2D eigenvalue weighted by molar-refractivity contribution is 7.99. The van der Waals surface area contributed by atoms with Gasteiger partial charge in [-0.3, -0.25) is 19.2 Å². The SMILES string of the molecule is CCSC1OC(COC(C)=O)C(OC(C)=O)[C@H](OC(C)=O)C1OC(C)=O. The normalized spacial score (nSPS) is 28.0. The molecule has 4 unspecified atom stereocenters. The van der Waals surface area contributed by atoms with Crippen molar-refractivity contribution in [2.24, 2.45) is 0 Å². The van der Waals surface area contributed by atoms with Gasteiger partial charge in [-0.1, -0.05) is 6.92 Å². The van der Waals surface area contributed by atoms with Gasteiger partial charge in [-0.25, -0.2) is 0 Å². The van der Waals surface area contributed by atoms with E-state index in [1.54, 1.807) is 0 Å². The first-order chi connectivity index (χ1) is 12.1. The van der Waals surface area contributed by atoms with Gasteiger partial charge >= 0.3 is 23.9 Å². The first kappa shape index (κ1) is 22.2. The second kappa shape index (κ2) is 10.4. The minimum absolute atomic E-state index is 0.210. The molecule has 1 aliphatic rings. The lowest BCUT2D eigenvalue weighted by atomic mass is 9.99. The van der Waals surface area contributed by atoms with Crippen LogP contribution in [0.1, 0.15) is 34.6 Å². The molecule has 26 heavy (non-hydrogen) atoms. The molecule has 5 atom stereocenters. The van der Waals surface area contributed by atoms with Crippen molar-refractivity contribution >= 4 is 35.6 Å². The summed E-state index contributed by atoms with van der Waals surface area (Å²) < 4.78 is 26.7. The predicted octanol–water partition coefficient (Wildman–Crippen LogP) is 0.823. The zero-order valence-corrected chi connectivity index (χ0v) is 16.2. The molecule has 0 spiro atoms. The van der Waals surface area contributed by atoms with E-state index in [0.29, 0.717) is 5.75 Å². The molecule has 1 heterocycles. The second-order valence-electron chi connectivity index (χ2n) is 5.52. The maximum atomic E-state index is 11.6. The van der Waals surface area contributed by atoms with E-state index in [1.807, 2.05) is 6.92 Å². The van der Waals surface area contributed by atoms with Crippen molar-refractivity contribution in [1.29, 1.82) is 0 Å². The Morgan fingerprint density at radius 3 is 1.77 bits per heavy atom. The number of hydrogen-bond donors (Lipinski definition) is 0. The number of esters is 4. The molecule has 1 fully saturated rings. The van der Waals surface area contributed by atoms with Crippen LogP contribution in [0.5, 0.6) is 0 Å². The van der Waals surface area contributed by atoms with Gasteiger partial charge in [-0.2, -0.15) is 0 Å². The van der Waals surface area contributed by atoms with Gasteiger partial charge in [0.1, 0.15) is 18.1 Å². The summed E-state index contributed by atoms with van der Waals surface area (Å²) in [6, 6.07) is 0. The molecule has 1 saturated heterocycles. The van der Waals surface area contributed by atoms with E-state index >= 15 is 0 Å². The van der Waals surface area contributed by atoms with Crippen LogP contribution in [0, 0.1) is 0 Å². The van der Waals surface area contributed by atoms with Gasteiger partial charge in [0, 0.05) is 27.7 Å². The second-order valence-corrected chi connectivity index (χ2v) is 6.90. The minimum atomic E-state index is -1.10. The molecule has 0 N–H and O–H groups in total. The van der Waals surface area contributed by atoms with Gasteiger partial charge in [-0.05, 0) is 5.75 Å². The molecule has 0 aromatic heterocycles. The van der Waals surface area contributed by atoms with Crippen LogP contribution < -0.4 is 0 Å². The Morgan fingerprint density at radius 1 is 0.808 bits per heavy atom. The average Bonchev–Trinajstić information content (AvgIpc) is 2.50. The molecule has 0 aromatic rings. The van der Waals surface area contributed by atoms with Gasteiger partial charge in [0.05, 0.1) is 0 Å². The fourth-order valence-corrected chi connectivity index (χ4v) is 3.44. The summed E-state index contributed by atoms with van der Waals surface area (Å²) in [5, 5.41) is 0. The van der Waals surface area contributed by atoms with Crippen molar-refractivity contribution in [3.63, 3.8) is 0 Å². The van der Waals surface area contributed by atoms with Gasteiger partial charge < -0.3 is 23.7 Å². The average molecular weight is 392 g/mol. The van der Waals surface area contributed by atoms with E-state index in [9.17, 15) is 19.2 Å².